The number of para-hydroxylation sites is 1. The third kappa shape index (κ3) is 5.01. The lowest BCUT2D eigenvalue weighted by Gasteiger charge is -2.14. The maximum Gasteiger partial charge on any atom is 0.294 e. The Morgan fingerprint density at radius 2 is 1.93 bits per heavy atom. The van der Waals surface area contributed by atoms with Crippen LogP contribution in [0.1, 0.15) is 30.6 Å². The molecular formula is C22H24N4O3. The van der Waals surface area contributed by atoms with Gasteiger partial charge in [-0.05, 0) is 43.7 Å². The highest BCUT2D eigenvalue weighted by molar-refractivity contribution is 5.95. The van der Waals surface area contributed by atoms with E-state index in [9.17, 15) is 9.59 Å². The van der Waals surface area contributed by atoms with Crippen molar-refractivity contribution in [2.75, 3.05) is 5.32 Å². The van der Waals surface area contributed by atoms with Crippen LogP contribution in [-0.2, 0) is 7.05 Å². The first-order chi connectivity index (χ1) is 14.0. The summed E-state index contributed by atoms with van der Waals surface area (Å²) in [5.74, 6) is 0.729. The Labute approximate surface area is 169 Å². The molecule has 0 aliphatic heterocycles. The number of amides is 1. The molecule has 7 nitrogen and oxygen atoms in total. The van der Waals surface area contributed by atoms with Crippen LogP contribution in [0.3, 0.4) is 0 Å². The molecule has 2 aromatic carbocycles. The van der Waals surface area contributed by atoms with Gasteiger partial charge in [-0.15, -0.1) is 0 Å². The van der Waals surface area contributed by atoms with Crippen LogP contribution < -0.4 is 20.9 Å². The molecule has 0 bridgehead atoms. The Kier molecular flexibility index (Phi) is 6.29. The first kappa shape index (κ1) is 20.1. The number of aryl methyl sites for hydroxylation is 1. The van der Waals surface area contributed by atoms with Crippen molar-refractivity contribution in [3.05, 3.63) is 76.7 Å². The van der Waals surface area contributed by atoms with Crippen molar-refractivity contribution in [3.63, 3.8) is 0 Å². The second-order valence-electron chi connectivity index (χ2n) is 6.72. The molecule has 1 heterocycles. The van der Waals surface area contributed by atoms with E-state index < -0.39 is 0 Å². The molecule has 0 aliphatic carbocycles. The number of hydrogen-bond acceptors (Lipinski definition) is 5. The molecule has 0 saturated heterocycles. The van der Waals surface area contributed by atoms with Crippen molar-refractivity contribution >= 4 is 17.3 Å². The van der Waals surface area contributed by atoms with Crippen LogP contribution in [0.5, 0.6) is 11.5 Å². The summed E-state index contributed by atoms with van der Waals surface area (Å²) in [5, 5.41) is 10.1. The fraction of sp³-hybridized carbons (Fsp3) is 0.227. The van der Waals surface area contributed by atoms with E-state index in [-0.39, 0.29) is 23.2 Å². The Morgan fingerprint density at radius 1 is 1.17 bits per heavy atom. The standard InChI is InChI=1S/C22H24N4O3/c1-4-15(2)24-21(27)16-9-8-10-17(13-16)25-20-19(14-23-26(3)22(20)28)29-18-11-6-5-7-12-18/h5-15,25H,4H2,1-3H3,(H,24,27)/t15-/m0/s1. The molecule has 0 aliphatic rings. The number of ether oxygens (including phenoxy) is 1. The molecule has 29 heavy (non-hydrogen) atoms. The zero-order chi connectivity index (χ0) is 20.8. The second kappa shape index (κ2) is 9.05. The third-order valence-corrected chi connectivity index (χ3v) is 4.46. The number of nitrogens with zero attached hydrogens (tertiary/aromatic N) is 2. The van der Waals surface area contributed by atoms with Crippen LogP contribution in [0.25, 0.3) is 0 Å². The van der Waals surface area contributed by atoms with Crippen LogP contribution in [0.4, 0.5) is 11.4 Å². The van der Waals surface area contributed by atoms with Gasteiger partial charge in [-0.2, -0.15) is 5.10 Å². The quantitative estimate of drug-likeness (QED) is 0.638. The normalized spacial score (nSPS) is 11.6. The minimum absolute atomic E-state index is 0.0810. The van der Waals surface area contributed by atoms with Gasteiger partial charge in [0.1, 0.15) is 5.75 Å². The zero-order valence-electron chi connectivity index (χ0n) is 16.7. The number of benzene rings is 2. The molecule has 3 aromatic rings. The summed E-state index contributed by atoms with van der Waals surface area (Å²) in [6, 6.07) is 16.2. The molecule has 0 saturated carbocycles. The summed E-state index contributed by atoms with van der Waals surface area (Å²) in [4.78, 5) is 25.1. The van der Waals surface area contributed by atoms with Gasteiger partial charge in [-0.1, -0.05) is 31.2 Å². The summed E-state index contributed by atoms with van der Waals surface area (Å²) < 4.78 is 7.07. The predicted molar refractivity (Wildman–Crippen MR) is 113 cm³/mol. The van der Waals surface area contributed by atoms with Gasteiger partial charge < -0.3 is 15.4 Å². The summed E-state index contributed by atoms with van der Waals surface area (Å²) in [6.07, 6.45) is 2.33. The molecule has 1 amide bonds. The van der Waals surface area contributed by atoms with Crippen molar-refractivity contribution in [1.82, 2.24) is 15.1 Å². The third-order valence-electron chi connectivity index (χ3n) is 4.46. The van der Waals surface area contributed by atoms with Crippen molar-refractivity contribution in [2.24, 2.45) is 7.05 Å². The number of nitrogens with one attached hydrogen (secondary N) is 2. The minimum atomic E-state index is -0.340. The van der Waals surface area contributed by atoms with E-state index in [1.807, 2.05) is 32.0 Å². The maximum absolute atomic E-state index is 12.7. The number of hydrogen-bond donors (Lipinski definition) is 2. The Morgan fingerprint density at radius 3 is 2.66 bits per heavy atom. The van der Waals surface area contributed by atoms with Crippen LogP contribution in [-0.4, -0.2) is 21.7 Å². The highest BCUT2D eigenvalue weighted by Gasteiger charge is 2.14. The summed E-state index contributed by atoms with van der Waals surface area (Å²) in [7, 11) is 1.57. The Hall–Kier alpha value is -3.61. The maximum atomic E-state index is 12.7. The first-order valence-electron chi connectivity index (χ1n) is 9.45. The van der Waals surface area contributed by atoms with E-state index >= 15 is 0 Å². The smallest absolute Gasteiger partial charge is 0.294 e. The first-order valence-corrected chi connectivity index (χ1v) is 9.45. The number of carbonyl (C=O) groups excluding carboxylic acids is 1. The molecule has 150 valence electrons. The average molecular weight is 392 g/mol. The van der Waals surface area contributed by atoms with Crippen molar-refractivity contribution in [3.8, 4) is 11.5 Å². The Bertz CT molecular complexity index is 1050. The van der Waals surface area contributed by atoms with Crippen LogP contribution in [0.15, 0.2) is 65.6 Å². The van der Waals surface area contributed by atoms with Crippen LogP contribution in [0, 0.1) is 0 Å². The van der Waals surface area contributed by atoms with Gasteiger partial charge >= 0.3 is 0 Å². The van der Waals surface area contributed by atoms with Gasteiger partial charge in [0.05, 0.1) is 6.20 Å². The largest absolute Gasteiger partial charge is 0.453 e. The number of rotatable bonds is 7. The monoisotopic (exact) mass is 392 g/mol. The van der Waals surface area contributed by atoms with E-state index in [0.717, 1.165) is 6.42 Å². The summed E-state index contributed by atoms with van der Waals surface area (Å²) >= 11 is 0. The lowest BCUT2D eigenvalue weighted by molar-refractivity contribution is 0.0939. The van der Waals surface area contributed by atoms with Gasteiger partial charge in [0.25, 0.3) is 11.5 Å². The lowest BCUT2D eigenvalue weighted by atomic mass is 10.1. The molecule has 3 rings (SSSR count). The summed E-state index contributed by atoms with van der Waals surface area (Å²) in [6.45, 7) is 3.96. The van der Waals surface area contributed by atoms with E-state index in [4.69, 9.17) is 4.74 Å². The molecule has 0 spiro atoms. The van der Waals surface area contributed by atoms with Gasteiger partial charge in [0.2, 0.25) is 0 Å². The summed E-state index contributed by atoms with van der Waals surface area (Å²) in [5.41, 5.74) is 1.01. The van der Waals surface area contributed by atoms with Crippen LogP contribution >= 0.6 is 0 Å². The fourth-order valence-corrected chi connectivity index (χ4v) is 2.62. The second-order valence-corrected chi connectivity index (χ2v) is 6.72. The highest BCUT2D eigenvalue weighted by Crippen LogP contribution is 2.28. The van der Waals surface area contributed by atoms with Crippen molar-refractivity contribution in [2.45, 2.75) is 26.3 Å². The lowest BCUT2D eigenvalue weighted by Crippen LogP contribution is -2.31. The Balaban J connectivity index is 1.90. The molecule has 0 unspecified atom stereocenters. The van der Waals surface area contributed by atoms with Crippen molar-refractivity contribution in [1.29, 1.82) is 0 Å². The van der Waals surface area contributed by atoms with E-state index in [1.54, 1.807) is 43.4 Å². The number of anilines is 2. The van der Waals surface area contributed by atoms with E-state index in [2.05, 4.69) is 15.7 Å². The van der Waals surface area contributed by atoms with E-state index in [1.165, 1.54) is 10.9 Å². The highest BCUT2D eigenvalue weighted by atomic mass is 16.5. The average Bonchev–Trinajstić information content (AvgIpc) is 2.74. The van der Waals surface area contributed by atoms with Gasteiger partial charge in [0.15, 0.2) is 11.4 Å². The predicted octanol–water partition coefficient (Wildman–Crippen LogP) is 3.84. The molecule has 0 radical (unpaired) electrons. The van der Waals surface area contributed by atoms with E-state index in [0.29, 0.717) is 22.7 Å². The fourth-order valence-electron chi connectivity index (χ4n) is 2.62. The zero-order valence-corrected chi connectivity index (χ0v) is 16.7. The molecule has 7 heteroatoms. The van der Waals surface area contributed by atoms with Crippen LogP contribution in [0.2, 0.25) is 0 Å². The topological polar surface area (TPSA) is 85.2 Å². The molecule has 1 atom stereocenters. The molecule has 2 N–H and O–H groups in total. The molecule has 0 fully saturated rings. The van der Waals surface area contributed by atoms with Gasteiger partial charge in [-0.25, -0.2) is 4.68 Å². The minimum Gasteiger partial charge on any atom is -0.453 e. The van der Waals surface area contributed by atoms with Gasteiger partial charge in [0, 0.05) is 24.3 Å². The molecular weight excluding hydrogens is 368 g/mol. The van der Waals surface area contributed by atoms with Gasteiger partial charge in [-0.3, -0.25) is 9.59 Å². The SMILES string of the molecule is CC[C@H](C)NC(=O)c1cccc(Nc2c(Oc3ccccc3)cnn(C)c2=O)c1. The van der Waals surface area contributed by atoms with Crippen molar-refractivity contribution < 1.29 is 9.53 Å². The number of aromatic nitrogens is 2. The molecule has 1 aromatic heterocycles. The number of carbonyl (C=O) groups is 1.